The maximum absolute atomic E-state index is 11.7. The maximum atomic E-state index is 11.7. The number of rotatable bonds is 2. The van der Waals surface area contributed by atoms with Gasteiger partial charge in [-0.25, -0.2) is 10.1 Å². The minimum Gasteiger partial charge on any atom is -0.365 e. The molecule has 1 aliphatic heterocycles. The first kappa shape index (κ1) is 14.9. The fraction of sp³-hybridized carbons (Fsp3) is 0.357. The molecule has 1 saturated heterocycles. The Morgan fingerprint density at radius 1 is 1.38 bits per heavy atom. The number of H-pyrrole nitrogens is 1. The second kappa shape index (κ2) is 5.75. The number of hydrogen-bond acceptors (Lipinski definition) is 7. The first-order valence-corrected chi connectivity index (χ1v) is 7.92. The SMILES string of the molecule is CC1CN(c2cn[nH]c(=O)c2Cl)CCN1c1nccn2cnnc12. The number of halogens is 1. The van der Waals surface area contributed by atoms with E-state index < -0.39 is 0 Å². The number of aromatic amines is 1. The van der Waals surface area contributed by atoms with E-state index >= 15 is 0 Å². The van der Waals surface area contributed by atoms with E-state index in [1.54, 1.807) is 18.7 Å². The molecule has 0 radical (unpaired) electrons. The molecule has 3 aromatic heterocycles. The Bertz CT molecular complexity index is 938. The van der Waals surface area contributed by atoms with Gasteiger partial charge in [-0.15, -0.1) is 10.2 Å². The van der Waals surface area contributed by atoms with Crippen molar-refractivity contribution in [2.75, 3.05) is 29.4 Å². The van der Waals surface area contributed by atoms with Gasteiger partial charge in [0.1, 0.15) is 11.3 Å². The highest BCUT2D eigenvalue weighted by Gasteiger charge is 2.28. The average molecular weight is 347 g/mol. The van der Waals surface area contributed by atoms with E-state index in [1.165, 1.54) is 0 Å². The number of aromatic nitrogens is 6. The predicted molar refractivity (Wildman–Crippen MR) is 89.7 cm³/mol. The van der Waals surface area contributed by atoms with E-state index in [-0.39, 0.29) is 16.6 Å². The van der Waals surface area contributed by atoms with Crippen LogP contribution in [-0.4, -0.2) is 55.5 Å². The molecule has 4 heterocycles. The standard InChI is InChI=1S/C14H15ClN8O/c1-9-7-21(10-6-17-20-14(24)11(10)15)4-5-23(9)12-13-19-18-8-22(13)3-2-16-12/h2-3,6,8-9H,4-5,7H2,1H3,(H,20,24). The van der Waals surface area contributed by atoms with Crippen molar-refractivity contribution in [3.8, 4) is 0 Å². The van der Waals surface area contributed by atoms with Crippen molar-refractivity contribution in [2.45, 2.75) is 13.0 Å². The van der Waals surface area contributed by atoms with Gasteiger partial charge in [-0.2, -0.15) is 5.10 Å². The van der Waals surface area contributed by atoms with Crippen LogP contribution in [0.25, 0.3) is 5.65 Å². The Morgan fingerprint density at radius 2 is 2.25 bits per heavy atom. The highest BCUT2D eigenvalue weighted by atomic mass is 35.5. The molecule has 1 atom stereocenters. The van der Waals surface area contributed by atoms with Crippen LogP contribution in [-0.2, 0) is 0 Å². The first-order chi connectivity index (χ1) is 11.6. The minimum atomic E-state index is -0.376. The molecule has 1 unspecified atom stereocenters. The molecule has 3 aromatic rings. The van der Waals surface area contributed by atoms with Crippen LogP contribution < -0.4 is 15.4 Å². The van der Waals surface area contributed by atoms with Gasteiger partial charge in [-0.1, -0.05) is 11.6 Å². The zero-order valence-corrected chi connectivity index (χ0v) is 13.7. The first-order valence-electron chi connectivity index (χ1n) is 7.54. The van der Waals surface area contributed by atoms with Crippen molar-refractivity contribution < 1.29 is 0 Å². The fourth-order valence-electron chi connectivity index (χ4n) is 3.03. The fourth-order valence-corrected chi connectivity index (χ4v) is 3.24. The number of nitrogens with zero attached hydrogens (tertiary/aromatic N) is 7. The van der Waals surface area contributed by atoms with Gasteiger partial charge < -0.3 is 9.80 Å². The smallest absolute Gasteiger partial charge is 0.285 e. The van der Waals surface area contributed by atoms with Gasteiger partial charge in [-0.3, -0.25) is 9.20 Å². The van der Waals surface area contributed by atoms with Gasteiger partial charge in [0.2, 0.25) is 5.65 Å². The Labute approximate surface area is 141 Å². The van der Waals surface area contributed by atoms with Crippen LogP contribution in [0.3, 0.4) is 0 Å². The molecule has 9 nitrogen and oxygen atoms in total. The lowest BCUT2D eigenvalue weighted by molar-refractivity contribution is 0.545. The summed E-state index contributed by atoms with van der Waals surface area (Å²) in [7, 11) is 0. The molecule has 0 aliphatic carbocycles. The lowest BCUT2D eigenvalue weighted by atomic mass is 10.2. The molecule has 1 N–H and O–H groups in total. The van der Waals surface area contributed by atoms with Crippen LogP contribution in [0.15, 0.2) is 29.7 Å². The van der Waals surface area contributed by atoms with E-state index in [4.69, 9.17) is 11.6 Å². The van der Waals surface area contributed by atoms with Gasteiger partial charge in [0.15, 0.2) is 5.82 Å². The molecule has 0 saturated carbocycles. The number of anilines is 2. The van der Waals surface area contributed by atoms with Crippen molar-refractivity contribution in [1.29, 1.82) is 0 Å². The Morgan fingerprint density at radius 3 is 3.08 bits per heavy atom. The second-order valence-electron chi connectivity index (χ2n) is 5.70. The average Bonchev–Trinajstić information content (AvgIpc) is 3.06. The molecule has 0 amide bonds. The van der Waals surface area contributed by atoms with Crippen LogP contribution >= 0.6 is 11.6 Å². The van der Waals surface area contributed by atoms with Crippen molar-refractivity contribution in [2.24, 2.45) is 0 Å². The molecule has 0 bridgehead atoms. The summed E-state index contributed by atoms with van der Waals surface area (Å²) in [4.78, 5) is 20.4. The molecule has 1 fully saturated rings. The summed E-state index contributed by atoms with van der Waals surface area (Å²) < 4.78 is 1.85. The van der Waals surface area contributed by atoms with Crippen molar-refractivity contribution in [3.63, 3.8) is 0 Å². The molecule has 0 aromatic carbocycles. The third-order valence-electron chi connectivity index (χ3n) is 4.21. The van der Waals surface area contributed by atoms with E-state index in [2.05, 4.69) is 42.1 Å². The summed E-state index contributed by atoms with van der Waals surface area (Å²) >= 11 is 6.12. The van der Waals surface area contributed by atoms with Gasteiger partial charge in [0, 0.05) is 38.1 Å². The molecule has 24 heavy (non-hydrogen) atoms. The van der Waals surface area contributed by atoms with Crippen LogP contribution in [0, 0.1) is 0 Å². The second-order valence-corrected chi connectivity index (χ2v) is 6.08. The lowest BCUT2D eigenvalue weighted by Crippen LogP contribution is -2.53. The van der Waals surface area contributed by atoms with Crippen LogP contribution in [0.1, 0.15) is 6.92 Å². The van der Waals surface area contributed by atoms with Crippen molar-refractivity contribution in [1.82, 2.24) is 29.8 Å². The number of hydrogen-bond donors (Lipinski definition) is 1. The molecule has 10 heteroatoms. The summed E-state index contributed by atoms with van der Waals surface area (Å²) in [6.45, 7) is 4.22. The highest BCUT2D eigenvalue weighted by Crippen LogP contribution is 2.26. The van der Waals surface area contributed by atoms with E-state index in [0.717, 1.165) is 18.0 Å². The van der Waals surface area contributed by atoms with Gasteiger partial charge >= 0.3 is 0 Å². The van der Waals surface area contributed by atoms with Gasteiger partial charge in [-0.05, 0) is 6.92 Å². The van der Waals surface area contributed by atoms with Crippen LogP contribution in [0.5, 0.6) is 0 Å². The zero-order chi connectivity index (χ0) is 16.7. The van der Waals surface area contributed by atoms with E-state index in [1.807, 2.05) is 10.6 Å². The lowest BCUT2D eigenvalue weighted by Gasteiger charge is -2.41. The summed E-state index contributed by atoms with van der Waals surface area (Å²) in [6, 6.07) is 0.157. The minimum absolute atomic E-state index is 0.157. The van der Waals surface area contributed by atoms with Gasteiger partial charge in [0.25, 0.3) is 5.56 Å². The zero-order valence-electron chi connectivity index (χ0n) is 12.9. The summed E-state index contributed by atoms with van der Waals surface area (Å²) in [5.41, 5.74) is 1.01. The molecular formula is C14H15ClN8O. The van der Waals surface area contributed by atoms with Crippen molar-refractivity contribution in [3.05, 3.63) is 40.3 Å². The summed E-state index contributed by atoms with van der Waals surface area (Å²) in [6.07, 6.45) is 6.80. The Hall–Kier alpha value is -2.68. The number of fused-ring (bicyclic) bond motifs is 1. The Kier molecular flexibility index (Phi) is 3.57. The quantitative estimate of drug-likeness (QED) is 0.725. The van der Waals surface area contributed by atoms with Gasteiger partial charge in [0.05, 0.1) is 11.9 Å². The largest absolute Gasteiger partial charge is 0.365 e. The topological polar surface area (TPSA) is 95.3 Å². The predicted octanol–water partition coefficient (Wildman–Crippen LogP) is 0.576. The number of nitrogens with one attached hydrogen (secondary N) is 1. The summed E-state index contributed by atoms with van der Waals surface area (Å²) in [5, 5.41) is 14.4. The van der Waals surface area contributed by atoms with Crippen molar-refractivity contribution >= 4 is 28.8 Å². The van der Waals surface area contributed by atoms with Crippen LogP contribution in [0.4, 0.5) is 11.5 Å². The van der Waals surface area contributed by atoms with E-state index in [9.17, 15) is 4.79 Å². The molecule has 0 spiro atoms. The Balaban J connectivity index is 1.62. The monoisotopic (exact) mass is 346 g/mol. The maximum Gasteiger partial charge on any atom is 0.285 e. The molecule has 4 rings (SSSR count). The third-order valence-corrected chi connectivity index (χ3v) is 4.58. The summed E-state index contributed by atoms with van der Waals surface area (Å²) in [5.74, 6) is 0.803. The number of piperazine rings is 1. The van der Waals surface area contributed by atoms with E-state index in [0.29, 0.717) is 18.8 Å². The normalized spacial score (nSPS) is 18.3. The molecular weight excluding hydrogens is 332 g/mol. The molecule has 124 valence electrons. The molecule has 1 aliphatic rings. The third kappa shape index (κ3) is 2.37. The highest BCUT2D eigenvalue weighted by molar-refractivity contribution is 6.33. The van der Waals surface area contributed by atoms with Crippen LogP contribution in [0.2, 0.25) is 5.02 Å².